The fraction of sp³-hybridized carbons (Fsp3) is 0.207. The maximum atomic E-state index is 5.86. The van der Waals surface area contributed by atoms with Crippen molar-refractivity contribution >= 4 is 22.9 Å². The maximum absolute atomic E-state index is 5.86. The van der Waals surface area contributed by atoms with Crippen molar-refractivity contribution < 1.29 is 9.26 Å². The third kappa shape index (κ3) is 4.88. The summed E-state index contributed by atoms with van der Waals surface area (Å²) in [5.41, 5.74) is 6.09. The molecular formula is C29H28N4O2S. The molecule has 0 radical (unpaired) electrons. The summed E-state index contributed by atoms with van der Waals surface area (Å²) in [6.45, 7) is 7.29. The molecule has 0 saturated heterocycles. The van der Waals surface area contributed by atoms with Gasteiger partial charge in [0, 0.05) is 11.3 Å². The van der Waals surface area contributed by atoms with E-state index in [1.807, 2.05) is 68.4 Å². The van der Waals surface area contributed by atoms with Crippen LogP contribution in [0.3, 0.4) is 0 Å². The average Bonchev–Trinajstić information content (AvgIpc) is 3.37. The van der Waals surface area contributed by atoms with Gasteiger partial charge in [-0.1, -0.05) is 71.4 Å². The van der Waals surface area contributed by atoms with E-state index in [2.05, 4.69) is 46.6 Å². The Balaban J connectivity index is 1.57. The van der Waals surface area contributed by atoms with Crippen LogP contribution in [0.2, 0.25) is 0 Å². The van der Waals surface area contributed by atoms with E-state index in [0.717, 1.165) is 39.3 Å². The van der Waals surface area contributed by atoms with Crippen molar-refractivity contribution in [2.45, 2.75) is 33.4 Å². The molecule has 1 aliphatic heterocycles. The Kier molecular flexibility index (Phi) is 6.82. The van der Waals surface area contributed by atoms with Gasteiger partial charge in [0.25, 0.3) is 5.89 Å². The lowest BCUT2D eigenvalue weighted by Crippen LogP contribution is -2.45. The molecule has 182 valence electrons. The van der Waals surface area contributed by atoms with Crippen molar-refractivity contribution in [3.63, 3.8) is 0 Å². The summed E-state index contributed by atoms with van der Waals surface area (Å²) in [6.07, 6.45) is 0. The van der Waals surface area contributed by atoms with Gasteiger partial charge < -0.3 is 19.5 Å². The summed E-state index contributed by atoms with van der Waals surface area (Å²) in [5.74, 6) is 1.88. The number of thiocarbonyl (C=S) groups is 1. The highest BCUT2D eigenvalue weighted by atomic mass is 32.1. The zero-order valence-electron chi connectivity index (χ0n) is 20.6. The number of hydrogen-bond acceptors (Lipinski definition) is 5. The van der Waals surface area contributed by atoms with Gasteiger partial charge in [0.2, 0.25) is 5.82 Å². The maximum Gasteiger partial charge on any atom is 0.258 e. The predicted molar refractivity (Wildman–Crippen MR) is 145 cm³/mol. The summed E-state index contributed by atoms with van der Waals surface area (Å²) in [4.78, 5) is 6.89. The van der Waals surface area contributed by atoms with E-state index in [1.165, 1.54) is 0 Å². The van der Waals surface area contributed by atoms with Crippen LogP contribution in [0.4, 0.5) is 0 Å². The largest absolute Gasteiger partial charge is 0.494 e. The number of benzene rings is 3. The molecule has 0 fully saturated rings. The third-order valence-electron chi connectivity index (χ3n) is 6.21. The minimum absolute atomic E-state index is 0.212. The monoisotopic (exact) mass is 496 g/mol. The van der Waals surface area contributed by atoms with Crippen molar-refractivity contribution in [3.05, 3.63) is 107 Å². The lowest BCUT2D eigenvalue weighted by Gasteiger charge is -2.37. The number of ether oxygens (including phenoxy) is 1. The van der Waals surface area contributed by atoms with E-state index in [9.17, 15) is 0 Å². The first-order valence-corrected chi connectivity index (χ1v) is 12.4. The number of nitrogens with one attached hydrogen (secondary N) is 1. The Hall–Kier alpha value is -3.97. The molecule has 6 nitrogen and oxygen atoms in total. The van der Waals surface area contributed by atoms with Crippen molar-refractivity contribution in [3.8, 4) is 17.1 Å². The van der Waals surface area contributed by atoms with Gasteiger partial charge in [-0.25, -0.2) is 0 Å². The molecule has 0 bridgehead atoms. The Bertz CT molecular complexity index is 1410. The topological polar surface area (TPSA) is 63.4 Å². The minimum atomic E-state index is -0.212. The highest BCUT2D eigenvalue weighted by Crippen LogP contribution is 2.38. The fourth-order valence-electron chi connectivity index (χ4n) is 4.46. The minimum Gasteiger partial charge on any atom is -0.494 e. The summed E-state index contributed by atoms with van der Waals surface area (Å²) in [7, 11) is 0. The molecule has 0 saturated carbocycles. The smallest absolute Gasteiger partial charge is 0.258 e. The highest BCUT2D eigenvalue weighted by molar-refractivity contribution is 7.80. The molecule has 1 atom stereocenters. The second-order valence-electron chi connectivity index (χ2n) is 8.75. The SMILES string of the molecule is CCOc1cccc(CN2C(=S)NC(c3ccccc3)C(c3nc(-c4cccc(C)c4)no3)=C2C)c1. The summed E-state index contributed by atoms with van der Waals surface area (Å²) in [6, 6.07) is 26.1. The van der Waals surface area contributed by atoms with Gasteiger partial charge in [-0.2, -0.15) is 4.98 Å². The van der Waals surface area contributed by atoms with Crippen LogP contribution >= 0.6 is 12.2 Å². The van der Waals surface area contributed by atoms with Crippen LogP contribution < -0.4 is 10.1 Å². The number of hydrogen-bond donors (Lipinski definition) is 1. The van der Waals surface area contributed by atoms with E-state index in [1.54, 1.807) is 0 Å². The van der Waals surface area contributed by atoms with Gasteiger partial charge in [0.1, 0.15) is 5.75 Å². The standard InChI is InChI=1S/C29H28N4O2S/c1-4-34-24-15-9-11-21(17-24)18-33-20(3)25(26(30-29(33)36)22-12-6-5-7-13-22)28-31-27(32-35-28)23-14-8-10-19(2)16-23/h5-17,26H,4,18H2,1-3H3,(H,30,36). The molecule has 0 amide bonds. The number of allylic oxidation sites excluding steroid dienone is 1. The zero-order valence-corrected chi connectivity index (χ0v) is 21.4. The van der Waals surface area contributed by atoms with E-state index >= 15 is 0 Å². The van der Waals surface area contributed by atoms with Crippen LogP contribution in [0, 0.1) is 6.92 Å². The number of aryl methyl sites for hydroxylation is 1. The van der Waals surface area contributed by atoms with E-state index in [-0.39, 0.29) is 6.04 Å². The summed E-state index contributed by atoms with van der Waals surface area (Å²) < 4.78 is 11.6. The summed E-state index contributed by atoms with van der Waals surface area (Å²) >= 11 is 5.85. The molecule has 0 spiro atoms. The van der Waals surface area contributed by atoms with E-state index in [4.69, 9.17) is 26.5 Å². The predicted octanol–water partition coefficient (Wildman–Crippen LogP) is 6.31. The van der Waals surface area contributed by atoms with Gasteiger partial charge >= 0.3 is 0 Å². The lowest BCUT2D eigenvalue weighted by atomic mass is 9.94. The molecule has 2 heterocycles. The van der Waals surface area contributed by atoms with Crippen LogP contribution in [-0.4, -0.2) is 26.8 Å². The number of rotatable bonds is 7. The fourth-order valence-corrected chi connectivity index (χ4v) is 4.78. The average molecular weight is 497 g/mol. The zero-order chi connectivity index (χ0) is 25.1. The van der Waals surface area contributed by atoms with E-state index < -0.39 is 0 Å². The second-order valence-corrected chi connectivity index (χ2v) is 9.14. The van der Waals surface area contributed by atoms with Crippen LogP contribution in [0.25, 0.3) is 17.0 Å². The molecule has 1 aromatic heterocycles. The second kappa shape index (κ2) is 10.3. The number of aromatic nitrogens is 2. The van der Waals surface area contributed by atoms with Crippen LogP contribution in [0.5, 0.6) is 5.75 Å². The first-order valence-electron chi connectivity index (χ1n) is 12.0. The van der Waals surface area contributed by atoms with E-state index in [0.29, 0.717) is 30.0 Å². The molecule has 1 N–H and O–H groups in total. The first kappa shape index (κ1) is 23.8. The van der Waals surface area contributed by atoms with Gasteiger partial charge in [-0.05, 0) is 62.3 Å². The normalized spacial score (nSPS) is 15.7. The Morgan fingerprint density at radius 3 is 2.58 bits per heavy atom. The van der Waals surface area contributed by atoms with Crippen LogP contribution in [0.15, 0.2) is 89.1 Å². The van der Waals surface area contributed by atoms with Gasteiger partial charge in [-0.3, -0.25) is 0 Å². The van der Waals surface area contributed by atoms with Crippen molar-refractivity contribution in [2.24, 2.45) is 0 Å². The Morgan fingerprint density at radius 1 is 1.00 bits per heavy atom. The van der Waals surface area contributed by atoms with Gasteiger partial charge in [-0.15, -0.1) is 0 Å². The van der Waals surface area contributed by atoms with Gasteiger partial charge in [0.05, 0.1) is 24.8 Å². The van der Waals surface area contributed by atoms with Crippen LogP contribution in [-0.2, 0) is 6.54 Å². The quantitative estimate of drug-likeness (QED) is 0.301. The molecule has 3 aromatic carbocycles. The van der Waals surface area contributed by atoms with Crippen molar-refractivity contribution in [2.75, 3.05) is 6.61 Å². The van der Waals surface area contributed by atoms with Crippen molar-refractivity contribution in [1.82, 2.24) is 20.4 Å². The summed E-state index contributed by atoms with van der Waals surface area (Å²) in [5, 5.41) is 8.47. The molecule has 1 unspecified atom stereocenters. The Morgan fingerprint density at radius 2 is 1.81 bits per heavy atom. The molecule has 0 aliphatic carbocycles. The number of nitrogens with zero attached hydrogens (tertiary/aromatic N) is 3. The highest BCUT2D eigenvalue weighted by Gasteiger charge is 2.34. The van der Waals surface area contributed by atoms with Crippen molar-refractivity contribution in [1.29, 1.82) is 0 Å². The molecular weight excluding hydrogens is 468 g/mol. The first-order chi connectivity index (χ1) is 17.5. The van der Waals surface area contributed by atoms with Gasteiger partial charge in [0.15, 0.2) is 5.11 Å². The Labute approximate surface area is 216 Å². The molecule has 4 aromatic rings. The van der Waals surface area contributed by atoms with Crippen LogP contribution in [0.1, 0.15) is 42.5 Å². The molecule has 36 heavy (non-hydrogen) atoms. The molecule has 1 aliphatic rings. The lowest BCUT2D eigenvalue weighted by molar-refractivity contribution is 0.339. The third-order valence-corrected chi connectivity index (χ3v) is 6.55. The molecule has 7 heteroatoms. The molecule has 5 rings (SSSR count).